The van der Waals surface area contributed by atoms with Crippen molar-refractivity contribution in [2.75, 3.05) is 0 Å². The van der Waals surface area contributed by atoms with Gasteiger partial charge in [-0.25, -0.2) is 0 Å². The fourth-order valence-corrected chi connectivity index (χ4v) is 0.401. The zero-order valence-electron chi connectivity index (χ0n) is 3.38. The van der Waals surface area contributed by atoms with Gasteiger partial charge in [0.1, 0.15) is 0 Å². The van der Waals surface area contributed by atoms with Crippen molar-refractivity contribution in [3.05, 3.63) is 11.8 Å². The van der Waals surface area contributed by atoms with E-state index in [0.717, 1.165) is 6.42 Å². The Bertz CT molecular complexity index is 26.7. The number of rotatable bonds is 2. The van der Waals surface area contributed by atoms with E-state index >= 15 is 0 Å². The van der Waals surface area contributed by atoms with Gasteiger partial charge in [0.2, 0.25) is 0 Å². The third-order valence-corrected chi connectivity index (χ3v) is 0.744. The van der Waals surface area contributed by atoms with E-state index in [1.54, 1.807) is 0 Å². The minimum atomic E-state index is 0.421. The van der Waals surface area contributed by atoms with Gasteiger partial charge in [0.25, 0.3) is 0 Å². The Hall–Kier alpha value is 0.580. The van der Waals surface area contributed by atoms with Crippen molar-refractivity contribution in [3.63, 3.8) is 0 Å². The summed E-state index contributed by atoms with van der Waals surface area (Å²) in [7, 11) is 0. The molecule has 0 saturated carbocycles. The second-order valence-corrected chi connectivity index (χ2v) is 2.05. The molecule has 0 aliphatic rings. The van der Waals surface area contributed by atoms with Crippen LogP contribution in [0.1, 0.15) is 12.8 Å². The normalized spacial score (nSPS) is 10.0. The Morgan fingerprint density at radius 1 is 1.50 bits per heavy atom. The second kappa shape index (κ2) is 3.76. The molecule has 2 radical (unpaired) electrons. The quantitative estimate of drug-likeness (QED) is 0.531. The van der Waals surface area contributed by atoms with Gasteiger partial charge in [0.05, 0.1) is 0 Å². The Morgan fingerprint density at radius 3 is 2.00 bits per heavy atom. The van der Waals surface area contributed by atoms with Crippen LogP contribution < -0.4 is 0 Å². The lowest BCUT2D eigenvalue weighted by atomic mass is 10.4. The summed E-state index contributed by atoms with van der Waals surface area (Å²) in [6.07, 6.45) is 1.49. The van der Waals surface area contributed by atoms with Crippen LogP contribution in [0.4, 0.5) is 0 Å². The third-order valence-electron chi connectivity index (χ3n) is 0.366. The highest BCUT2D eigenvalue weighted by Crippen LogP contribution is 2.17. The van der Waals surface area contributed by atoms with E-state index in [2.05, 4.69) is 6.92 Å². The van der Waals surface area contributed by atoms with Gasteiger partial charge in [-0.05, 0) is 6.42 Å². The van der Waals surface area contributed by atoms with Crippen LogP contribution in [-0.2, 0) is 0 Å². The first-order valence-electron chi connectivity index (χ1n) is 1.73. The first kappa shape index (κ1) is 6.58. The van der Waals surface area contributed by atoms with Crippen LogP contribution in [0.25, 0.3) is 0 Å². The molecule has 0 aromatic heterocycles. The summed E-state index contributed by atoms with van der Waals surface area (Å²) in [6.45, 7) is 3.54. The minimum absolute atomic E-state index is 0.421. The molecule has 0 unspecified atom stereocenters. The highest BCUT2D eigenvalue weighted by atomic mass is 35.5. The monoisotopic (exact) mass is 124 g/mol. The van der Waals surface area contributed by atoms with Gasteiger partial charge in [0.15, 0.2) is 4.84 Å². The number of hydrogen-bond acceptors (Lipinski definition) is 0. The van der Waals surface area contributed by atoms with Crippen molar-refractivity contribution < 1.29 is 0 Å². The lowest BCUT2D eigenvalue weighted by Crippen LogP contribution is -1.70. The van der Waals surface area contributed by atoms with Crippen LogP contribution in [0.15, 0.2) is 0 Å². The molecule has 0 aliphatic heterocycles. The Labute approximate surface area is 48.4 Å². The summed E-state index contributed by atoms with van der Waals surface area (Å²) in [5.74, 6) is 0. The van der Waals surface area contributed by atoms with E-state index in [-0.39, 0.29) is 0 Å². The smallest absolute Gasteiger partial charge is 0.0983 e. The zero-order valence-corrected chi connectivity index (χ0v) is 4.89. The summed E-state index contributed by atoms with van der Waals surface area (Å²) in [6, 6.07) is 0. The van der Waals surface area contributed by atoms with Crippen LogP contribution >= 0.6 is 23.2 Å². The van der Waals surface area contributed by atoms with E-state index in [9.17, 15) is 0 Å². The van der Waals surface area contributed by atoms with Crippen molar-refractivity contribution in [2.45, 2.75) is 12.8 Å². The van der Waals surface area contributed by atoms with Crippen molar-refractivity contribution in [1.29, 1.82) is 0 Å². The molecule has 0 atom stereocenters. The third kappa shape index (κ3) is 4.58. The molecule has 0 saturated heterocycles. The molecule has 0 spiro atoms. The molecule has 0 fully saturated rings. The molecule has 0 aromatic rings. The van der Waals surface area contributed by atoms with Crippen LogP contribution in [0.3, 0.4) is 0 Å². The number of halogens is 2. The van der Waals surface area contributed by atoms with Crippen molar-refractivity contribution in [2.24, 2.45) is 0 Å². The maximum absolute atomic E-state index is 5.22. The SMILES string of the molecule is [CH2]CC[C](Cl)Cl. The van der Waals surface area contributed by atoms with Gasteiger partial charge in [-0.2, -0.15) is 0 Å². The standard InChI is InChI=1S/C4H6Cl2/c1-2-3-4(5)6/h1-3H2. The van der Waals surface area contributed by atoms with Gasteiger partial charge in [-0.1, -0.05) is 36.5 Å². The molecule has 0 bridgehead atoms. The number of hydrogen-bond donors (Lipinski definition) is 0. The summed E-state index contributed by atoms with van der Waals surface area (Å²) in [4.78, 5) is 0.421. The topological polar surface area (TPSA) is 0 Å². The van der Waals surface area contributed by atoms with E-state index in [0.29, 0.717) is 11.3 Å². The van der Waals surface area contributed by atoms with Crippen LogP contribution in [0.5, 0.6) is 0 Å². The lowest BCUT2D eigenvalue weighted by Gasteiger charge is -1.88. The summed E-state index contributed by atoms with van der Waals surface area (Å²) >= 11 is 10.4. The molecule has 0 aromatic carbocycles. The molecule has 0 nitrogen and oxygen atoms in total. The zero-order chi connectivity index (χ0) is 4.99. The van der Waals surface area contributed by atoms with E-state index in [1.807, 2.05) is 0 Å². The van der Waals surface area contributed by atoms with Crippen molar-refractivity contribution in [1.82, 2.24) is 0 Å². The summed E-state index contributed by atoms with van der Waals surface area (Å²) in [5.41, 5.74) is 0. The maximum Gasteiger partial charge on any atom is 0.151 e. The predicted octanol–water partition coefficient (Wildman–Crippen LogP) is 2.57. The van der Waals surface area contributed by atoms with E-state index in [1.165, 1.54) is 0 Å². The van der Waals surface area contributed by atoms with Gasteiger partial charge in [0, 0.05) is 0 Å². The van der Waals surface area contributed by atoms with Crippen LogP contribution in [0.2, 0.25) is 0 Å². The van der Waals surface area contributed by atoms with Crippen LogP contribution in [-0.4, -0.2) is 0 Å². The molecule has 36 valence electrons. The van der Waals surface area contributed by atoms with E-state index in [4.69, 9.17) is 23.2 Å². The van der Waals surface area contributed by atoms with Crippen LogP contribution in [0, 0.1) is 11.8 Å². The largest absolute Gasteiger partial charge is 0.151 e. The fraction of sp³-hybridized carbons (Fsp3) is 0.500. The van der Waals surface area contributed by atoms with Crippen molar-refractivity contribution in [3.8, 4) is 0 Å². The van der Waals surface area contributed by atoms with Gasteiger partial charge < -0.3 is 0 Å². The molecule has 2 heteroatoms. The molecular weight excluding hydrogens is 119 g/mol. The Kier molecular flexibility index (Phi) is 4.12. The summed E-state index contributed by atoms with van der Waals surface area (Å²) in [5, 5.41) is 0. The molecule has 0 N–H and O–H groups in total. The Balaban J connectivity index is 2.63. The summed E-state index contributed by atoms with van der Waals surface area (Å²) < 4.78 is 0. The second-order valence-electron chi connectivity index (χ2n) is 0.942. The molecule has 0 amide bonds. The first-order valence-corrected chi connectivity index (χ1v) is 2.49. The van der Waals surface area contributed by atoms with E-state index < -0.39 is 0 Å². The molecule has 0 aliphatic carbocycles. The average Bonchev–Trinajstić information content (AvgIpc) is 1.35. The molecule has 6 heavy (non-hydrogen) atoms. The highest BCUT2D eigenvalue weighted by molar-refractivity contribution is 6.52. The van der Waals surface area contributed by atoms with Crippen molar-refractivity contribution >= 4 is 23.2 Å². The maximum atomic E-state index is 5.22. The molecule has 0 rings (SSSR count). The van der Waals surface area contributed by atoms with Gasteiger partial charge >= 0.3 is 0 Å². The van der Waals surface area contributed by atoms with Gasteiger partial charge in [-0.3, -0.25) is 0 Å². The lowest BCUT2D eigenvalue weighted by molar-refractivity contribution is 1.01. The fourth-order valence-electron chi connectivity index (χ4n) is 0.134. The van der Waals surface area contributed by atoms with Gasteiger partial charge in [-0.15, -0.1) is 0 Å². The highest BCUT2D eigenvalue weighted by Gasteiger charge is 1.93. The minimum Gasteiger partial charge on any atom is -0.0983 e. The first-order chi connectivity index (χ1) is 2.77. The molecular formula is C4H6Cl2. The predicted molar refractivity (Wildman–Crippen MR) is 29.5 cm³/mol. The molecule has 0 heterocycles. The Morgan fingerprint density at radius 2 is 2.00 bits per heavy atom. The average molecular weight is 125 g/mol.